The third-order valence-electron chi connectivity index (χ3n) is 3.58. The second kappa shape index (κ2) is 8.23. The Bertz CT molecular complexity index is 464. The van der Waals surface area contributed by atoms with Crippen LogP contribution in [-0.4, -0.2) is 25.0 Å². The minimum absolute atomic E-state index is 0. The number of halogens is 3. The number of hydrogen-bond donors (Lipinski definition) is 2. The highest BCUT2D eigenvalue weighted by Crippen LogP contribution is 2.23. The van der Waals surface area contributed by atoms with Gasteiger partial charge in [0.15, 0.2) is 0 Å². The molecule has 0 aromatic heterocycles. The molecule has 1 aromatic carbocycles. The highest BCUT2D eigenvalue weighted by Gasteiger charge is 2.21. The average molecular weight is 382 g/mol. The van der Waals surface area contributed by atoms with E-state index in [1.165, 1.54) is 12.8 Å². The number of hydrogen-bond acceptors (Lipinski definition) is 2. The van der Waals surface area contributed by atoms with Gasteiger partial charge in [-0.05, 0) is 72.9 Å². The molecule has 2 atom stereocenters. The number of piperidine rings is 1. The van der Waals surface area contributed by atoms with Crippen LogP contribution in [0.5, 0.6) is 0 Å². The Morgan fingerprint density at radius 3 is 2.90 bits per heavy atom. The molecule has 3 nitrogen and oxygen atoms in total. The van der Waals surface area contributed by atoms with E-state index in [0.717, 1.165) is 17.6 Å². The highest BCUT2D eigenvalue weighted by atomic mass is 79.9. The summed E-state index contributed by atoms with van der Waals surface area (Å²) < 4.78 is 0.744. The molecule has 1 aromatic rings. The van der Waals surface area contributed by atoms with Gasteiger partial charge in [-0.15, -0.1) is 12.4 Å². The van der Waals surface area contributed by atoms with Gasteiger partial charge in [-0.3, -0.25) is 4.79 Å². The van der Waals surface area contributed by atoms with Crippen LogP contribution in [0, 0.1) is 5.92 Å². The standard InChI is InChI=1S/C14H18BrClN2O.ClH/c1-9(11-3-2-6-17-8-11)18-14(19)10-4-5-13(16)12(15)7-10;/h4-5,7,9,11,17H,2-3,6,8H2,1H3,(H,18,19);1H. The van der Waals surface area contributed by atoms with Gasteiger partial charge in [0.1, 0.15) is 0 Å². The molecule has 112 valence electrons. The van der Waals surface area contributed by atoms with Gasteiger partial charge in [0.25, 0.3) is 5.91 Å². The van der Waals surface area contributed by atoms with Crippen molar-refractivity contribution in [2.45, 2.75) is 25.8 Å². The summed E-state index contributed by atoms with van der Waals surface area (Å²) >= 11 is 9.26. The Kier molecular flexibility index (Phi) is 7.30. The van der Waals surface area contributed by atoms with E-state index in [1.54, 1.807) is 18.2 Å². The van der Waals surface area contributed by atoms with Crippen LogP contribution in [0.1, 0.15) is 30.1 Å². The first kappa shape index (κ1) is 17.8. The van der Waals surface area contributed by atoms with Crippen molar-refractivity contribution in [2.24, 2.45) is 5.92 Å². The van der Waals surface area contributed by atoms with Crippen LogP contribution in [0.2, 0.25) is 5.02 Å². The molecule has 20 heavy (non-hydrogen) atoms. The van der Waals surface area contributed by atoms with Crippen LogP contribution in [0.25, 0.3) is 0 Å². The molecule has 2 rings (SSSR count). The van der Waals surface area contributed by atoms with Gasteiger partial charge in [0.2, 0.25) is 0 Å². The zero-order valence-corrected chi connectivity index (χ0v) is 14.4. The predicted octanol–water partition coefficient (Wildman–Crippen LogP) is 3.64. The van der Waals surface area contributed by atoms with Gasteiger partial charge in [-0.2, -0.15) is 0 Å². The van der Waals surface area contributed by atoms with Gasteiger partial charge in [0.05, 0.1) is 5.02 Å². The fourth-order valence-corrected chi connectivity index (χ4v) is 2.85. The second-order valence-electron chi connectivity index (χ2n) is 5.00. The lowest BCUT2D eigenvalue weighted by Gasteiger charge is -2.29. The van der Waals surface area contributed by atoms with Crippen molar-refractivity contribution in [3.63, 3.8) is 0 Å². The Labute approximate surface area is 139 Å². The molecule has 1 fully saturated rings. The number of carbonyl (C=O) groups is 1. The van der Waals surface area contributed by atoms with Crippen molar-refractivity contribution in [1.29, 1.82) is 0 Å². The third kappa shape index (κ3) is 4.62. The van der Waals surface area contributed by atoms with Gasteiger partial charge in [-0.25, -0.2) is 0 Å². The molecule has 0 saturated carbocycles. The molecule has 0 aliphatic carbocycles. The highest BCUT2D eigenvalue weighted by molar-refractivity contribution is 9.10. The summed E-state index contributed by atoms with van der Waals surface area (Å²) in [5, 5.41) is 7.05. The van der Waals surface area contributed by atoms with Gasteiger partial charge >= 0.3 is 0 Å². The third-order valence-corrected chi connectivity index (χ3v) is 4.80. The Morgan fingerprint density at radius 2 is 2.30 bits per heavy atom. The first-order chi connectivity index (χ1) is 9.08. The van der Waals surface area contributed by atoms with Crippen molar-refractivity contribution in [3.05, 3.63) is 33.3 Å². The molecule has 1 heterocycles. The van der Waals surface area contributed by atoms with Crippen molar-refractivity contribution < 1.29 is 4.79 Å². The van der Waals surface area contributed by atoms with Crippen LogP contribution in [0.15, 0.2) is 22.7 Å². The molecule has 1 aliphatic rings. The van der Waals surface area contributed by atoms with Crippen molar-refractivity contribution in [3.8, 4) is 0 Å². The Balaban J connectivity index is 0.00000200. The molecule has 0 bridgehead atoms. The number of carbonyl (C=O) groups excluding carboxylic acids is 1. The Hall–Kier alpha value is -0.290. The average Bonchev–Trinajstić information content (AvgIpc) is 2.42. The smallest absolute Gasteiger partial charge is 0.251 e. The molecule has 6 heteroatoms. The maximum absolute atomic E-state index is 12.2. The number of rotatable bonds is 3. The molecule has 2 N–H and O–H groups in total. The SMILES string of the molecule is CC(NC(=O)c1ccc(Cl)c(Br)c1)C1CCCNC1.Cl. The lowest BCUT2D eigenvalue weighted by molar-refractivity contribution is 0.0922. The fourth-order valence-electron chi connectivity index (χ4n) is 2.35. The Morgan fingerprint density at radius 1 is 1.55 bits per heavy atom. The molecule has 2 unspecified atom stereocenters. The molecule has 0 radical (unpaired) electrons. The largest absolute Gasteiger partial charge is 0.349 e. The van der Waals surface area contributed by atoms with Crippen LogP contribution < -0.4 is 10.6 Å². The molecule has 0 spiro atoms. The van der Waals surface area contributed by atoms with Crippen LogP contribution in [0.3, 0.4) is 0 Å². The summed E-state index contributed by atoms with van der Waals surface area (Å²) in [5.41, 5.74) is 0.631. The van der Waals surface area contributed by atoms with Crippen LogP contribution in [-0.2, 0) is 0 Å². The van der Waals surface area contributed by atoms with E-state index in [4.69, 9.17) is 11.6 Å². The summed E-state index contributed by atoms with van der Waals surface area (Å²) in [5.74, 6) is 0.462. The minimum atomic E-state index is -0.0459. The van der Waals surface area contributed by atoms with E-state index in [9.17, 15) is 4.79 Å². The van der Waals surface area contributed by atoms with E-state index in [-0.39, 0.29) is 24.4 Å². The molecular formula is C14H19BrCl2N2O. The number of benzene rings is 1. The summed E-state index contributed by atoms with van der Waals surface area (Å²) in [7, 11) is 0. The van der Waals surface area contributed by atoms with Crippen molar-refractivity contribution >= 4 is 45.8 Å². The normalized spacial score (nSPS) is 19.9. The summed E-state index contributed by atoms with van der Waals surface area (Å²) in [6.45, 7) is 4.13. The van der Waals surface area contributed by atoms with Crippen LogP contribution >= 0.6 is 39.9 Å². The molecule has 1 saturated heterocycles. The van der Waals surface area contributed by atoms with E-state index >= 15 is 0 Å². The summed E-state index contributed by atoms with van der Waals surface area (Å²) in [6.07, 6.45) is 2.34. The van der Waals surface area contributed by atoms with Gasteiger partial charge in [0, 0.05) is 16.1 Å². The van der Waals surface area contributed by atoms with Gasteiger partial charge in [-0.1, -0.05) is 11.6 Å². The predicted molar refractivity (Wildman–Crippen MR) is 88.9 cm³/mol. The van der Waals surface area contributed by atoms with Crippen LogP contribution in [0.4, 0.5) is 0 Å². The number of amides is 1. The molecule has 1 aliphatic heterocycles. The maximum atomic E-state index is 12.2. The van der Waals surface area contributed by atoms with Gasteiger partial charge < -0.3 is 10.6 Å². The zero-order valence-electron chi connectivity index (χ0n) is 11.3. The molecular weight excluding hydrogens is 363 g/mol. The summed E-state index contributed by atoms with van der Waals surface area (Å²) in [4.78, 5) is 12.2. The quantitative estimate of drug-likeness (QED) is 0.838. The first-order valence-electron chi connectivity index (χ1n) is 6.54. The van der Waals surface area contributed by atoms with E-state index < -0.39 is 0 Å². The van der Waals surface area contributed by atoms with Crippen molar-refractivity contribution in [2.75, 3.05) is 13.1 Å². The lowest BCUT2D eigenvalue weighted by atomic mass is 9.92. The molecule has 1 amide bonds. The van der Waals surface area contributed by atoms with E-state index in [1.807, 2.05) is 0 Å². The lowest BCUT2D eigenvalue weighted by Crippen LogP contribution is -2.44. The zero-order chi connectivity index (χ0) is 13.8. The van der Waals surface area contributed by atoms with E-state index in [0.29, 0.717) is 16.5 Å². The maximum Gasteiger partial charge on any atom is 0.251 e. The monoisotopic (exact) mass is 380 g/mol. The summed E-state index contributed by atoms with van der Waals surface area (Å²) in [6, 6.07) is 5.40. The second-order valence-corrected chi connectivity index (χ2v) is 6.26. The fraction of sp³-hybridized carbons (Fsp3) is 0.500. The topological polar surface area (TPSA) is 41.1 Å². The first-order valence-corrected chi connectivity index (χ1v) is 7.71. The van der Waals surface area contributed by atoms with Crippen molar-refractivity contribution in [1.82, 2.24) is 10.6 Å². The number of nitrogens with one attached hydrogen (secondary N) is 2. The minimum Gasteiger partial charge on any atom is -0.349 e. The van der Waals surface area contributed by atoms with E-state index in [2.05, 4.69) is 33.5 Å².